The third kappa shape index (κ3) is 5.27. The molecule has 5 aliphatic carbocycles. The van der Waals surface area contributed by atoms with E-state index in [0.717, 1.165) is 43.8 Å². The molecule has 0 unspecified atom stereocenters. The van der Waals surface area contributed by atoms with Crippen LogP contribution < -0.4 is 4.74 Å². The van der Waals surface area contributed by atoms with E-state index in [1.165, 1.54) is 11.1 Å². The number of fused-ring (bicyclic) bond motifs is 2. The molecule has 10 heteroatoms. The van der Waals surface area contributed by atoms with Crippen molar-refractivity contribution in [1.82, 2.24) is 0 Å². The summed E-state index contributed by atoms with van der Waals surface area (Å²) in [5, 5.41) is 0. The van der Waals surface area contributed by atoms with E-state index in [-0.39, 0.29) is 5.97 Å². The summed E-state index contributed by atoms with van der Waals surface area (Å²) in [6.45, 7) is 5.80. The zero-order chi connectivity index (χ0) is 27.3. The third-order valence-electron chi connectivity index (χ3n) is 8.39. The van der Waals surface area contributed by atoms with Gasteiger partial charge in [0.25, 0.3) is 0 Å². The summed E-state index contributed by atoms with van der Waals surface area (Å²) in [6, 6.07) is 8.40. The van der Waals surface area contributed by atoms with Crippen molar-refractivity contribution in [3.8, 4) is 5.75 Å². The first kappa shape index (κ1) is 29.7. The van der Waals surface area contributed by atoms with Gasteiger partial charge >= 0.3 is 11.9 Å². The van der Waals surface area contributed by atoms with Crippen LogP contribution >= 0.6 is 82.6 Å². The second kappa shape index (κ2) is 10.9. The van der Waals surface area contributed by atoms with Crippen LogP contribution in [0.5, 0.6) is 5.75 Å². The summed E-state index contributed by atoms with van der Waals surface area (Å²) in [5.74, 6) is -0.200. The predicted octanol–water partition coefficient (Wildman–Crippen LogP) is 8.87. The van der Waals surface area contributed by atoms with Gasteiger partial charge < -0.3 is 9.47 Å². The number of hydrogen-bond acceptors (Lipinski definition) is 4. The second-order valence-electron chi connectivity index (χ2n) is 10.4. The Morgan fingerprint density at radius 1 is 0.838 bits per heavy atom. The maximum atomic E-state index is 13.6. The summed E-state index contributed by atoms with van der Waals surface area (Å²) in [6.07, 6.45) is 4.26. The minimum atomic E-state index is -1.24. The van der Waals surface area contributed by atoms with Gasteiger partial charge in [0.05, 0.1) is 5.41 Å². The summed E-state index contributed by atoms with van der Waals surface area (Å²) in [4.78, 5) is 26.3. The smallest absolute Gasteiger partial charge is 0.356 e. The largest absolute Gasteiger partial charge is 0.446 e. The van der Waals surface area contributed by atoms with Gasteiger partial charge in [-0.2, -0.15) is 0 Å². The molecule has 1 saturated heterocycles. The number of aryl methyl sites for hydroxylation is 4. The van der Waals surface area contributed by atoms with Crippen LogP contribution in [-0.4, -0.2) is 21.8 Å². The summed E-state index contributed by atoms with van der Waals surface area (Å²) < 4.78 is 14.3. The molecule has 6 bridgehead atoms. The highest BCUT2D eigenvalue weighted by atomic mass is 79.9. The van der Waals surface area contributed by atoms with E-state index in [1.807, 2.05) is 26.8 Å². The van der Waals surface area contributed by atoms with E-state index in [9.17, 15) is 9.59 Å². The van der Waals surface area contributed by atoms with Crippen LogP contribution in [0.4, 0.5) is 0 Å². The standard InChI is InChI=1S/C26H25Br3O4.CHCl3/c1-24(2)25(3)8-9-26(24,33-22(25)30)23(31)32-21-13-16-5-4-14-10-19(28)15(11-18(14)27)6-7-17(21)12-20(16)29;2-1(3)4/h10-13H,4-9H2,1-3H3;1H/t25-,26+;/m0./s1. The van der Waals surface area contributed by atoms with Crippen molar-refractivity contribution >= 4 is 94.5 Å². The van der Waals surface area contributed by atoms with Crippen LogP contribution in [0.3, 0.4) is 0 Å². The first-order chi connectivity index (χ1) is 17.2. The molecule has 4 nitrogen and oxygen atoms in total. The molecule has 37 heavy (non-hydrogen) atoms. The monoisotopic (exact) mass is 756 g/mol. The Bertz CT molecular complexity index is 1260. The van der Waals surface area contributed by atoms with Gasteiger partial charge in [-0.3, -0.25) is 4.79 Å². The first-order valence-electron chi connectivity index (χ1n) is 11.9. The van der Waals surface area contributed by atoms with Gasteiger partial charge in [0.15, 0.2) is 4.30 Å². The van der Waals surface area contributed by atoms with Crippen molar-refractivity contribution in [2.75, 3.05) is 0 Å². The molecular weight excluding hydrogens is 734 g/mol. The van der Waals surface area contributed by atoms with Gasteiger partial charge in [0, 0.05) is 18.8 Å². The van der Waals surface area contributed by atoms with E-state index in [2.05, 4.69) is 66.0 Å². The highest BCUT2D eigenvalue weighted by molar-refractivity contribution is 9.11. The lowest BCUT2D eigenvalue weighted by Gasteiger charge is -2.34. The van der Waals surface area contributed by atoms with Gasteiger partial charge in [-0.25, -0.2) is 4.79 Å². The van der Waals surface area contributed by atoms with Crippen molar-refractivity contribution < 1.29 is 19.1 Å². The average Bonchev–Trinajstić information content (AvgIpc) is 3.09. The number of carbonyl (C=O) groups excluding carboxylic acids is 2. The summed E-state index contributed by atoms with van der Waals surface area (Å²) in [5.41, 5.74) is 1.91. The van der Waals surface area contributed by atoms with Crippen LogP contribution in [0.25, 0.3) is 0 Å². The van der Waals surface area contributed by atoms with E-state index < -0.39 is 26.7 Å². The summed E-state index contributed by atoms with van der Waals surface area (Å²) in [7, 11) is 0. The number of ether oxygens (including phenoxy) is 2. The van der Waals surface area contributed by atoms with Gasteiger partial charge in [-0.15, -0.1) is 0 Å². The molecule has 0 aromatic heterocycles. The highest BCUT2D eigenvalue weighted by Gasteiger charge is 2.76. The molecular formula is C27H26Br3Cl3O4. The van der Waals surface area contributed by atoms with E-state index >= 15 is 0 Å². The molecule has 0 radical (unpaired) electrons. The van der Waals surface area contributed by atoms with Crippen molar-refractivity contribution in [3.63, 3.8) is 0 Å². The zero-order valence-electron chi connectivity index (χ0n) is 20.5. The average molecular weight is 761 g/mol. The number of rotatable bonds is 2. The van der Waals surface area contributed by atoms with Gasteiger partial charge in [-0.05, 0) is 92.0 Å². The number of halogens is 6. The molecule has 2 atom stereocenters. The Morgan fingerprint density at radius 2 is 1.27 bits per heavy atom. The lowest BCUT2D eigenvalue weighted by Crippen LogP contribution is -2.50. The van der Waals surface area contributed by atoms with Crippen LogP contribution in [0.1, 0.15) is 55.9 Å². The minimum absolute atomic E-state index is 0.298. The van der Waals surface area contributed by atoms with E-state index in [4.69, 9.17) is 44.3 Å². The third-order valence-corrected chi connectivity index (χ3v) is 10.6. The fourth-order valence-electron chi connectivity index (χ4n) is 5.55. The van der Waals surface area contributed by atoms with Crippen molar-refractivity contribution in [2.24, 2.45) is 10.8 Å². The van der Waals surface area contributed by atoms with Crippen molar-refractivity contribution in [3.05, 3.63) is 59.9 Å². The molecule has 6 aliphatic rings. The molecule has 1 saturated carbocycles. The Hall–Kier alpha value is -0.310. The zero-order valence-corrected chi connectivity index (χ0v) is 27.6. The summed E-state index contributed by atoms with van der Waals surface area (Å²) >= 11 is 25.6. The lowest BCUT2D eigenvalue weighted by molar-refractivity contribution is -0.176. The van der Waals surface area contributed by atoms with E-state index in [1.54, 1.807) is 0 Å². The highest BCUT2D eigenvalue weighted by Crippen LogP contribution is 2.65. The Kier molecular flexibility index (Phi) is 8.76. The van der Waals surface area contributed by atoms with Gasteiger partial charge in [0.1, 0.15) is 5.75 Å². The molecule has 1 aliphatic heterocycles. The van der Waals surface area contributed by atoms with Crippen LogP contribution in [0.15, 0.2) is 37.7 Å². The number of esters is 2. The quantitative estimate of drug-likeness (QED) is 0.175. The number of hydrogen-bond donors (Lipinski definition) is 0. The van der Waals surface area contributed by atoms with E-state index in [0.29, 0.717) is 25.0 Å². The lowest BCUT2D eigenvalue weighted by atomic mass is 9.66. The fourth-order valence-corrected chi connectivity index (χ4v) is 7.32. The van der Waals surface area contributed by atoms with Crippen molar-refractivity contribution in [2.45, 2.75) is 69.2 Å². The molecule has 2 fully saturated rings. The Balaban J connectivity index is 0.000000747. The molecule has 200 valence electrons. The molecule has 0 spiro atoms. The topological polar surface area (TPSA) is 52.6 Å². The van der Waals surface area contributed by atoms with Crippen molar-refractivity contribution in [1.29, 1.82) is 0 Å². The first-order valence-corrected chi connectivity index (χ1v) is 15.6. The number of benzene rings is 2. The van der Waals surface area contributed by atoms with Crippen LogP contribution in [0.2, 0.25) is 0 Å². The maximum Gasteiger partial charge on any atom is 0.356 e. The molecule has 1 heterocycles. The Morgan fingerprint density at radius 3 is 1.70 bits per heavy atom. The second-order valence-corrected chi connectivity index (χ2v) is 14.9. The number of carbonyl (C=O) groups is 2. The Labute approximate surface area is 257 Å². The minimum Gasteiger partial charge on any atom is -0.446 e. The van der Waals surface area contributed by atoms with Gasteiger partial charge in [-0.1, -0.05) is 96.4 Å². The van der Waals surface area contributed by atoms with Crippen LogP contribution in [-0.2, 0) is 40.0 Å². The molecule has 8 rings (SSSR count). The van der Waals surface area contributed by atoms with Gasteiger partial charge in [0.2, 0.25) is 5.60 Å². The molecule has 0 N–H and O–H groups in total. The normalized spacial score (nSPS) is 25.3. The molecule has 0 amide bonds. The maximum absolute atomic E-state index is 13.6. The van der Waals surface area contributed by atoms with Crippen LogP contribution in [0, 0.1) is 10.8 Å². The predicted molar refractivity (Wildman–Crippen MR) is 158 cm³/mol. The molecule has 2 aromatic rings. The SMILES string of the molecule is CC1(C)[C@@]2(C)CC[C@]1(C(=O)Oc1cc3c(Br)cc1CCc1cc(Br)c(cc1Br)CC3)OC2=O.ClC(Cl)Cl. The fraction of sp³-hybridized carbons (Fsp3) is 0.481. The molecule has 2 aromatic carbocycles. The number of alkyl halides is 3.